The van der Waals surface area contributed by atoms with Gasteiger partial charge in [0.15, 0.2) is 0 Å². The van der Waals surface area contributed by atoms with Crippen molar-refractivity contribution in [2.75, 3.05) is 12.4 Å². The normalized spacial score (nSPS) is 14.4. The summed E-state index contributed by atoms with van der Waals surface area (Å²) in [4.78, 5) is 12.9. The van der Waals surface area contributed by atoms with E-state index >= 15 is 0 Å². The highest BCUT2D eigenvalue weighted by atomic mass is 32.2. The van der Waals surface area contributed by atoms with E-state index in [-0.39, 0.29) is 21.6 Å². The lowest BCUT2D eigenvalue weighted by molar-refractivity contribution is -0.117. The monoisotopic (exact) mass is 404 g/mol. The van der Waals surface area contributed by atoms with Crippen molar-refractivity contribution in [3.63, 3.8) is 0 Å². The number of hydrogen-bond acceptors (Lipinski definition) is 4. The lowest BCUT2D eigenvalue weighted by Crippen LogP contribution is -2.20. The maximum absolute atomic E-state index is 13.5. The summed E-state index contributed by atoms with van der Waals surface area (Å²) in [6.07, 6.45) is 1.71. The molecule has 0 aliphatic heterocycles. The molecule has 0 spiro atoms. The summed E-state index contributed by atoms with van der Waals surface area (Å²) >= 11 is 0. The number of carbonyl (C=O) groups is 1. The van der Waals surface area contributed by atoms with Crippen LogP contribution in [0, 0.1) is 25.7 Å². The number of nitrogens with zero attached hydrogens (tertiary/aromatic N) is 1. The molecule has 1 aliphatic rings. The van der Waals surface area contributed by atoms with Gasteiger partial charge in [-0.15, -0.1) is 0 Å². The fraction of sp³-hybridized carbons (Fsp3) is 0.476. The highest BCUT2D eigenvalue weighted by molar-refractivity contribution is 7.91. The van der Waals surface area contributed by atoms with Gasteiger partial charge in [-0.1, -0.05) is 13.8 Å². The molecule has 0 atom stereocenters. The molecule has 0 bridgehead atoms. The Bertz CT molecular complexity index is 984. The molecule has 2 aromatic rings. The average molecular weight is 405 g/mol. The molecule has 1 aromatic carbocycles. The molecular weight excluding hydrogens is 376 g/mol. The largest absolute Gasteiger partial charge is 0.497 e. The van der Waals surface area contributed by atoms with E-state index < -0.39 is 9.84 Å². The Kier molecular flexibility index (Phi) is 5.57. The smallest absolute Gasteiger partial charge is 0.228 e. The van der Waals surface area contributed by atoms with Crippen LogP contribution in [0.2, 0.25) is 0 Å². The van der Waals surface area contributed by atoms with Gasteiger partial charge in [-0.3, -0.25) is 4.79 Å². The third-order valence-corrected chi connectivity index (χ3v) is 7.08. The van der Waals surface area contributed by atoms with Gasteiger partial charge in [0.1, 0.15) is 16.5 Å². The summed E-state index contributed by atoms with van der Waals surface area (Å²) in [6.45, 7) is 8.47. The standard InChI is InChI=1S/C21H28N2O4S/c1-13(2)12-23-15(4)14(3)19(20(23)22-21(24)16-6-7-16)28(25,26)18-10-8-17(27-5)9-11-18/h8-11,13,16H,6-7,12H2,1-5H3,(H,22,24). The maximum atomic E-state index is 13.5. The average Bonchev–Trinajstić information content (AvgIpc) is 3.46. The molecule has 3 rings (SSSR count). The van der Waals surface area contributed by atoms with Crippen LogP contribution >= 0.6 is 0 Å². The van der Waals surface area contributed by atoms with E-state index in [1.807, 2.05) is 11.5 Å². The van der Waals surface area contributed by atoms with Crippen molar-refractivity contribution in [3.05, 3.63) is 35.5 Å². The summed E-state index contributed by atoms with van der Waals surface area (Å²) < 4.78 is 34.0. The van der Waals surface area contributed by atoms with Crippen LogP contribution in [0.25, 0.3) is 0 Å². The molecule has 0 saturated heterocycles. The van der Waals surface area contributed by atoms with Gasteiger partial charge < -0.3 is 14.6 Å². The number of nitrogens with one attached hydrogen (secondary N) is 1. The topological polar surface area (TPSA) is 77.4 Å². The quantitative estimate of drug-likeness (QED) is 0.758. The van der Waals surface area contributed by atoms with Crippen LogP contribution in [-0.4, -0.2) is 26.0 Å². The van der Waals surface area contributed by atoms with E-state index in [9.17, 15) is 13.2 Å². The number of anilines is 1. The summed E-state index contributed by atoms with van der Waals surface area (Å²) in [6, 6.07) is 6.33. The minimum absolute atomic E-state index is 0.0143. The van der Waals surface area contributed by atoms with Crippen molar-refractivity contribution >= 4 is 21.6 Å². The number of ether oxygens (including phenoxy) is 1. The molecule has 0 unspecified atom stereocenters. The third-order valence-electron chi connectivity index (χ3n) is 5.15. The van der Waals surface area contributed by atoms with Crippen molar-refractivity contribution in [1.82, 2.24) is 4.57 Å². The maximum Gasteiger partial charge on any atom is 0.228 e. The second-order valence-electron chi connectivity index (χ2n) is 7.84. The lowest BCUT2D eigenvalue weighted by Gasteiger charge is -2.16. The zero-order valence-electron chi connectivity index (χ0n) is 17.1. The Morgan fingerprint density at radius 1 is 1.21 bits per heavy atom. The lowest BCUT2D eigenvalue weighted by atomic mass is 10.2. The van der Waals surface area contributed by atoms with Gasteiger partial charge in [0.2, 0.25) is 15.7 Å². The van der Waals surface area contributed by atoms with E-state index in [1.54, 1.807) is 19.1 Å². The molecule has 1 saturated carbocycles. The van der Waals surface area contributed by atoms with Crippen molar-refractivity contribution in [1.29, 1.82) is 0 Å². The van der Waals surface area contributed by atoms with Crippen molar-refractivity contribution in [2.24, 2.45) is 11.8 Å². The number of rotatable bonds is 7. The number of aromatic nitrogens is 1. The van der Waals surface area contributed by atoms with Gasteiger partial charge in [0.25, 0.3) is 0 Å². The molecule has 1 aromatic heterocycles. The Morgan fingerprint density at radius 3 is 2.32 bits per heavy atom. The minimum Gasteiger partial charge on any atom is -0.497 e. The second-order valence-corrected chi connectivity index (χ2v) is 9.72. The van der Waals surface area contributed by atoms with Crippen molar-refractivity contribution in [3.8, 4) is 5.75 Å². The molecule has 0 radical (unpaired) electrons. The molecule has 28 heavy (non-hydrogen) atoms. The number of sulfone groups is 1. The molecule has 7 heteroatoms. The zero-order valence-corrected chi connectivity index (χ0v) is 17.9. The molecule has 1 fully saturated rings. The van der Waals surface area contributed by atoms with Crippen LogP contribution in [-0.2, 0) is 21.2 Å². The number of carbonyl (C=O) groups excluding carboxylic acids is 1. The van der Waals surface area contributed by atoms with Crippen LogP contribution in [0.5, 0.6) is 5.75 Å². The minimum atomic E-state index is -3.80. The number of amides is 1. The van der Waals surface area contributed by atoms with Gasteiger partial charge in [0, 0.05) is 18.2 Å². The van der Waals surface area contributed by atoms with Gasteiger partial charge >= 0.3 is 0 Å². The van der Waals surface area contributed by atoms with E-state index in [2.05, 4.69) is 19.2 Å². The van der Waals surface area contributed by atoms with Crippen LogP contribution in [0.1, 0.15) is 37.9 Å². The molecular formula is C21H28N2O4S. The zero-order chi connectivity index (χ0) is 20.6. The van der Waals surface area contributed by atoms with Gasteiger partial charge in [-0.25, -0.2) is 8.42 Å². The fourth-order valence-corrected chi connectivity index (χ4v) is 5.01. The fourth-order valence-electron chi connectivity index (χ4n) is 3.32. The Hall–Kier alpha value is -2.28. The van der Waals surface area contributed by atoms with Crippen molar-refractivity contribution < 1.29 is 17.9 Å². The van der Waals surface area contributed by atoms with E-state index in [0.29, 0.717) is 29.6 Å². The van der Waals surface area contributed by atoms with Gasteiger partial charge in [-0.2, -0.15) is 0 Å². The number of methoxy groups -OCH3 is 1. The highest BCUT2D eigenvalue weighted by Gasteiger charge is 2.34. The predicted octanol–water partition coefficient (Wildman–Crippen LogP) is 3.95. The molecule has 1 N–H and O–H groups in total. The molecule has 1 amide bonds. The third kappa shape index (κ3) is 3.81. The van der Waals surface area contributed by atoms with Crippen molar-refractivity contribution in [2.45, 2.75) is 56.9 Å². The number of hydrogen-bond donors (Lipinski definition) is 1. The number of benzene rings is 1. The van der Waals surface area contributed by atoms with Gasteiger partial charge in [0.05, 0.1) is 12.0 Å². The SMILES string of the molecule is COc1ccc(S(=O)(=O)c2c(C)c(C)n(CC(C)C)c2NC(=O)C2CC2)cc1. The van der Waals surface area contributed by atoms with Crippen LogP contribution < -0.4 is 10.1 Å². The van der Waals surface area contributed by atoms with E-state index in [1.165, 1.54) is 19.2 Å². The predicted molar refractivity (Wildman–Crippen MR) is 109 cm³/mol. The van der Waals surface area contributed by atoms with E-state index in [0.717, 1.165) is 18.5 Å². The summed E-state index contributed by atoms with van der Waals surface area (Å²) in [5, 5.41) is 2.93. The summed E-state index contributed by atoms with van der Waals surface area (Å²) in [5.41, 5.74) is 1.52. The second kappa shape index (κ2) is 7.62. The molecule has 152 valence electrons. The van der Waals surface area contributed by atoms with Crippen LogP contribution in [0.15, 0.2) is 34.1 Å². The summed E-state index contributed by atoms with van der Waals surface area (Å²) in [5.74, 6) is 1.16. The Labute approximate surface area is 166 Å². The first kappa shape index (κ1) is 20.5. The first-order valence-corrected chi connectivity index (χ1v) is 11.0. The van der Waals surface area contributed by atoms with Gasteiger partial charge in [-0.05, 0) is 62.4 Å². The molecule has 6 nitrogen and oxygen atoms in total. The van der Waals surface area contributed by atoms with Crippen LogP contribution in [0.4, 0.5) is 5.82 Å². The Morgan fingerprint density at radius 2 is 1.82 bits per heavy atom. The first-order chi connectivity index (χ1) is 13.2. The molecule has 1 aliphatic carbocycles. The Balaban J connectivity index is 2.15. The summed E-state index contributed by atoms with van der Waals surface area (Å²) in [7, 11) is -2.27. The first-order valence-electron chi connectivity index (χ1n) is 9.56. The van der Waals surface area contributed by atoms with E-state index in [4.69, 9.17) is 4.74 Å². The molecule has 1 heterocycles. The highest BCUT2D eigenvalue weighted by Crippen LogP contribution is 2.38. The van der Waals surface area contributed by atoms with Crippen LogP contribution in [0.3, 0.4) is 0 Å².